The van der Waals surface area contributed by atoms with Crippen LogP contribution in [-0.4, -0.2) is 35.9 Å². The molecule has 4 nitrogen and oxygen atoms in total. The van der Waals surface area contributed by atoms with E-state index in [1.54, 1.807) is 14.0 Å². The zero-order valence-electron chi connectivity index (χ0n) is 15.8. The van der Waals surface area contributed by atoms with Gasteiger partial charge in [0, 0.05) is 30.1 Å². The minimum absolute atomic E-state index is 0.0879. The molecule has 2 aromatic carbocycles. The van der Waals surface area contributed by atoms with Crippen molar-refractivity contribution in [2.45, 2.75) is 32.2 Å². The third kappa shape index (κ3) is 3.89. The summed E-state index contributed by atoms with van der Waals surface area (Å²) in [6.45, 7) is 4.46. The van der Waals surface area contributed by atoms with E-state index >= 15 is 0 Å². The van der Waals surface area contributed by atoms with Crippen LogP contribution in [0.2, 0.25) is 0 Å². The highest BCUT2D eigenvalue weighted by Gasteiger charge is 2.25. The van der Waals surface area contributed by atoms with E-state index in [2.05, 4.69) is 23.1 Å². The van der Waals surface area contributed by atoms with Crippen molar-refractivity contribution >= 4 is 27.3 Å². The van der Waals surface area contributed by atoms with E-state index in [0.29, 0.717) is 5.92 Å². The van der Waals surface area contributed by atoms with Gasteiger partial charge in [0.25, 0.3) is 0 Å². The van der Waals surface area contributed by atoms with Crippen LogP contribution >= 0.6 is 11.3 Å². The number of likely N-dealkylation sites (tertiary alicyclic amines) is 1. The molecule has 5 heteroatoms. The summed E-state index contributed by atoms with van der Waals surface area (Å²) < 4.78 is 6.79. The second-order valence-electron chi connectivity index (χ2n) is 7.18. The molecule has 27 heavy (non-hydrogen) atoms. The SMILES string of the molecule is COc1ccc(C(C)=O)cc1CN1CCC[C@H](c2nc3ccccc3s2)C1. The average Bonchev–Trinajstić information content (AvgIpc) is 3.12. The highest BCUT2D eigenvalue weighted by Crippen LogP contribution is 2.34. The number of carbonyl (C=O) groups excluding carboxylic acids is 1. The van der Waals surface area contributed by atoms with Crippen molar-refractivity contribution < 1.29 is 9.53 Å². The summed E-state index contributed by atoms with van der Waals surface area (Å²) in [6.07, 6.45) is 2.34. The molecular formula is C22H24N2O2S. The van der Waals surface area contributed by atoms with Crippen LogP contribution in [0.15, 0.2) is 42.5 Å². The largest absolute Gasteiger partial charge is 0.496 e. The predicted octanol–water partition coefficient (Wildman–Crippen LogP) is 4.89. The first-order valence-corrected chi connectivity index (χ1v) is 10.2. The van der Waals surface area contributed by atoms with Gasteiger partial charge in [-0.2, -0.15) is 0 Å². The molecule has 0 unspecified atom stereocenters. The van der Waals surface area contributed by atoms with Crippen LogP contribution in [0.1, 0.15) is 46.6 Å². The predicted molar refractivity (Wildman–Crippen MR) is 110 cm³/mol. The van der Waals surface area contributed by atoms with Crippen molar-refractivity contribution in [3.63, 3.8) is 0 Å². The van der Waals surface area contributed by atoms with Gasteiger partial charge in [-0.1, -0.05) is 12.1 Å². The van der Waals surface area contributed by atoms with Crippen LogP contribution < -0.4 is 4.74 Å². The van der Waals surface area contributed by atoms with Gasteiger partial charge in [-0.3, -0.25) is 9.69 Å². The maximum absolute atomic E-state index is 11.8. The van der Waals surface area contributed by atoms with Crippen molar-refractivity contribution in [2.24, 2.45) is 0 Å². The van der Waals surface area contributed by atoms with Crippen LogP contribution in [0.4, 0.5) is 0 Å². The summed E-state index contributed by atoms with van der Waals surface area (Å²) >= 11 is 1.82. The van der Waals surface area contributed by atoms with Crippen LogP contribution in [0.5, 0.6) is 5.75 Å². The average molecular weight is 381 g/mol. The van der Waals surface area contributed by atoms with E-state index in [1.807, 2.05) is 35.6 Å². The van der Waals surface area contributed by atoms with E-state index in [1.165, 1.54) is 16.1 Å². The van der Waals surface area contributed by atoms with Crippen molar-refractivity contribution in [3.05, 3.63) is 58.6 Å². The van der Waals surface area contributed by atoms with Gasteiger partial charge in [-0.05, 0) is 56.6 Å². The molecule has 3 aromatic rings. The summed E-state index contributed by atoms with van der Waals surface area (Å²) in [5, 5.41) is 1.24. The number of Topliss-reactive ketones (excluding diaryl/α,β-unsaturated/α-hetero) is 1. The van der Waals surface area contributed by atoms with Crippen molar-refractivity contribution in [3.8, 4) is 5.75 Å². The van der Waals surface area contributed by atoms with Crippen LogP contribution in [-0.2, 0) is 6.54 Å². The lowest BCUT2D eigenvalue weighted by Gasteiger charge is -2.32. The zero-order valence-corrected chi connectivity index (χ0v) is 16.6. The van der Waals surface area contributed by atoms with Gasteiger partial charge in [0.2, 0.25) is 0 Å². The van der Waals surface area contributed by atoms with Crippen LogP contribution in [0.3, 0.4) is 0 Å². The van der Waals surface area contributed by atoms with E-state index in [-0.39, 0.29) is 5.78 Å². The molecule has 0 amide bonds. The van der Waals surface area contributed by atoms with E-state index < -0.39 is 0 Å². The van der Waals surface area contributed by atoms with Crippen molar-refractivity contribution in [2.75, 3.05) is 20.2 Å². The Kier molecular flexibility index (Phi) is 5.23. The number of nitrogens with zero attached hydrogens (tertiary/aromatic N) is 2. The van der Waals surface area contributed by atoms with Crippen molar-refractivity contribution in [1.82, 2.24) is 9.88 Å². The molecule has 1 atom stereocenters. The maximum atomic E-state index is 11.8. The summed E-state index contributed by atoms with van der Waals surface area (Å²) in [4.78, 5) is 19.1. The quantitative estimate of drug-likeness (QED) is 0.591. The number of fused-ring (bicyclic) bond motifs is 1. The second-order valence-corrected chi connectivity index (χ2v) is 8.24. The minimum Gasteiger partial charge on any atom is -0.496 e. The van der Waals surface area contributed by atoms with Crippen LogP contribution in [0.25, 0.3) is 10.2 Å². The number of para-hydroxylation sites is 1. The first kappa shape index (κ1) is 18.1. The number of piperidine rings is 1. The Hall–Kier alpha value is -2.24. The summed E-state index contributed by atoms with van der Waals surface area (Å²) in [5.74, 6) is 1.41. The molecule has 0 aliphatic carbocycles. The molecule has 2 heterocycles. The number of benzene rings is 2. The number of ketones is 1. The number of hydrogen-bond donors (Lipinski definition) is 0. The Morgan fingerprint density at radius 1 is 1.30 bits per heavy atom. The smallest absolute Gasteiger partial charge is 0.159 e. The molecule has 1 aliphatic rings. The van der Waals surface area contributed by atoms with Gasteiger partial charge in [-0.25, -0.2) is 4.98 Å². The lowest BCUT2D eigenvalue weighted by molar-refractivity contribution is 0.101. The Morgan fingerprint density at radius 3 is 2.93 bits per heavy atom. The standard InChI is InChI=1S/C22H24N2O2S/c1-15(25)16-9-10-20(26-2)18(12-16)14-24-11-5-6-17(13-24)22-23-19-7-3-4-8-21(19)27-22/h3-4,7-10,12,17H,5-6,11,13-14H2,1-2H3/t17-/m0/s1. The fourth-order valence-electron chi connectivity index (χ4n) is 3.83. The van der Waals surface area contributed by atoms with E-state index in [9.17, 15) is 4.79 Å². The highest BCUT2D eigenvalue weighted by atomic mass is 32.1. The summed E-state index contributed by atoms with van der Waals surface area (Å²) in [7, 11) is 1.69. The Bertz CT molecular complexity index is 933. The van der Waals surface area contributed by atoms with Gasteiger partial charge >= 0.3 is 0 Å². The number of rotatable bonds is 5. The van der Waals surface area contributed by atoms with Gasteiger partial charge < -0.3 is 4.74 Å². The molecular weight excluding hydrogens is 356 g/mol. The van der Waals surface area contributed by atoms with Gasteiger partial charge in [0.15, 0.2) is 5.78 Å². The van der Waals surface area contributed by atoms with E-state index in [0.717, 1.165) is 48.4 Å². The summed E-state index contributed by atoms with van der Waals surface area (Å²) in [5.41, 5.74) is 2.92. The fraction of sp³-hybridized carbons (Fsp3) is 0.364. The first-order chi connectivity index (χ1) is 13.1. The summed E-state index contributed by atoms with van der Waals surface area (Å²) in [6, 6.07) is 14.1. The molecule has 0 radical (unpaired) electrons. The molecule has 0 N–H and O–H groups in total. The second kappa shape index (κ2) is 7.79. The normalized spacial score (nSPS) is 17.9. The molecule has 4 rings (SSSR count). The topological polar surface area (TPSA) is 42.4 Å². The minimum atomic E-state index is 0.0879. The zero-order chi connectivity index (χ0) is 18.8. The molecule has 1 saturated heterocycles. The molecule has 1 aliphatic heterocycles. The first-order valence-electron chi connectivity index (χ1n) is 9.39. The number of thiazole rings is 1. The lowest BCUT2D eigenvalue weighted by Crippen LogP contribution is -2.34. The number of methoxy groups -OCH3 is 1. The van der Waals surface area contributed by atoms with Gasteiger partial charge in [-0.15, -0.1) is 11.3 Å². The van der Waals surface area contributed by atoms with Gasteiger partial charge in [0.05, 0.1) is 22.3 Å². The Labute approximate surface area is 163 Å². The number of hydrogen-bond acceptors (Lipinski definition) is 5. The monoisotopic (exact) mass is 380 g/mol. The number of ether oxygens (including phenoxy) is 1. The van der Waals surface area contributed by atoms with Crippen LogP contribution in [0, 0.1) is 0 Å². The molecule has 0 saturated carbocycles. The highest BCUT2D eigenvalue weighted by molar-refractivity contribution is 7.18. The van der Waals surface area contributed by atoms with E-state index in [4.69, 9.17) is 9.72 Å². The van der Waals surface area contributed by atoms with Gasteiger partial charge in [0.1, 0.15) is 5.75 Å². The molecule has 1 fully saturated rings. The number of aromatic nitrogens is 1. The Balaban J connectivity index is 1.53. The molecule has 0 bridgehead atoms. The third-order valence-corrected chi connectivity index (χ3v) is 6.44. The molecule has 140 valence electrons. The Morgan fingerprint density at radius 2 is 2.15 bits per heavy atom. The molecule has 0 spiro atoms. The van der Waals surface area contributed by atoms with Crippen molar-refractivity contribution in [1.29, 1.82) is 0 Å². The number of carbonyl (C=O) groups is 1. The molecule has 1 aromatic heterocycles. The fourth-order valence-corrected chi connectivity index (χ4v) is 4.92. The maximum Gasteiger partial charge on any atom is 0.159 e. The lowest BCUT2D eigenvalue weighted by atomic mass is 9.97. The third-order valence-electron chi connectivity index (χ3n) is 5.25.